The number of aromatic hydroxyl groups is 1. The summed E-state index contributed by atoms with van der Waals surface area (Å²) in [5.41, 5.74) is -0.204. The largest absolute Gasteiger partial charge is 0.505 e. The molecule has 0 spiro atoms. The second-order valence-electron chi connectivity index (χ2n) is 5.62. The Morgan fingerprint density at radius 1 is 1.24 bits per heavy atom. The van der Waals surface area contributed by atoms with Crippen LogP contribution in [-0.2, 0) is 14.9 Å². The molecule has 0 bridgehead atoms. The molecule has 3 rings (SSSR count). The van der Waals surface area contributed by atoms with Gasteiger partial charge in [-0.2, -0.15) is 13.4 Å². The van der Waals surface area contributed by atoms with Crippen molar-refractivity contribution in [2.75, 3.05) is 5.32 Å². The summed E-state index contributed by atoms with van der Waals surface area (Å²) in [7, 11) is -4.73. The van der Waals surface area contributed by atoms with Crippen molar-refractivity contribution >= 4 is 50.1 Å². The van der Waals surface area contributed by atoms with Crippen molar-refractivity contribution in [2.24, 2.45) is 10.2 Å². The first kappa shape index (κ1) is 19.8. The number of azo groups is 1. The van der Waals surface area contributed by atoms with E-state index in [9.17, 15) is 27.7 Å². The fourth-order valence-corrected chi connectivity index (χ4v) is 3.20. The predicted molar refractivity (Wildman–Crippen MR) is 97.2 cm³/mol. The lowest BCUT2D eigenvalue weighted by Gasteiger charge is -2.13. The maximum atomic E-state index is 11.7. The van der Waals surface area contributed by atoms with Crippen LogP contribution in [-0.4, -0.2) is 50.2 Å². The van der Waals surface area contributed by atoms with E-state index >= 15 is 0 Å². The van der Waals surface area contributed by atoms with Gasteiger partial charge in [-0.25, -0.2) is 4.79 Å². The minimum atomic E-state index is -4.73. The van der Waals surface area contributed by atoms with Gasteiger partial charge in [0.05, 0.1) is 5.69 Å². The lowest BCUT2D eigenvalue weighted by Crippen LogP contribution is -2.07. The van der Waals surface area contributed by atoms with Crippen LogP contribution in [0.5, 0.6) is 5.75 Å². The third kappa shape index (κ3) is 4.02. The number of phenolic OH excluding ortho intramolecular Hbond substituents is 1. The molecule has 14 heteroatoms. The molecule has 1 aromatic heterocycles. The van der Waals surface area contributed by atoms with Gasteiger partial charge in [0.1, 0.15) is 10.6 Å². The number of benzene rings is 2. The summed E-state index contributed by atoms with van der Waals surface area (Å²) in [6.45, 7) is 1.22. The Labute approximate surface area is 161 Å². The molecular formula is C15H12N6O7S. The van der Waals surface area contributed by atoms with Gasteiger partial charge in [0.2, 0.25) is 11.7 Å². The molecule has 0 fully saturated rings. The number of carboxylic acid groups (broad SMARTS) is 1. The van der Waals surface area contributed by atoms with E-state index in [2.05, 4.69) is 30.7 Å². The number of carboxylic acids is 1. The van der Waals surface area contributed by atoms with Crippen molar-refractivity contribution in [1.29, 1.82) is 0 Å². The molecule has 150 valence electrons. The lowest BCUT2D eigenvalue weighted by molar-refractivity contribution is -0.114. The lowest BCUT2D eigenvalue weighted by atomic mass is 10.1. The zero-order chi connectivity index (χ0) is 21.3. The van der Waals surface area contributed by atoms with Crippen LogP contribution < -0.4 is 5.32 Å². The highest BCUT2D eigenvalue weighted by molar-refractivity contribution is 7.86. The van der Waals surface area contributed by atoms with E-state index in [-0.39, 0.29) is 28.1 Å². The number of phenols is 1. The van der Waals surface area contributed by atoms with Crippen molar-refractivity contribution < 1.29 is 32.8 Å². The second-order valence-corrected chi connectivity index (χ2v) is 7.01. The molecule has 0 radical (unpaired) electrons. The number of aromatic nitrogens is 3. The Morgan fingerprint density at radius 3 is 2.55 bits per heavy atom. The number of nitrogens with zero attached hydrogens (tertiary/aromatic N) is 4. The van der Waals surface area contributed by atoms with E-state index in [1.807, 2.05) is 0 Å². The summed E-state index contributed by atoms with van der Waals surface area (Å²) in [4.78, 5) is 25.2. The first-order chi connectivity index (χ1) is 13.6. The number of hydrogen-bond acceptors (Lipinski definition) is 9. The minimum absolute atomic E-state index is 0.0889. The van der Waals surface area contributed by atoms with Crippen molar-refractivity contribution in [3.05, 3.63) is 30.1 Å². The van der Waals surface area contributed by atoms with Crippen molar-refractivity contribution in [1.82, 2.24) is 15.2 Å². The average molecular weight is 420 g/mol. The molecule has 3 aromatic rings. The first-order valence-corrected chi connectivity index (χ1v) is 9.13. The van der Waals surface area contributed by atoms with E-state index in [4.69, 9.17) is 5.11 Å². The monoisotopic (exact) mass is 420 g/mol. The van der Waals surface area contributed by atoms with Gasteiger partial charge >= 0.3 is 5.97 Å². The van der Waals surface area contributed by atoms with Crippen LogP contribution in [0.25, 0.3) is 10.8 Å². The van der Waals surface area contributed by atoms with Crippen LogP contribution in [0.2, 0.25) is 0 Å². The molecular weight excluding hydrogens is 408 g/mol. The van der Waals surface area contributed by atoms with Crippen molar-refractivity contribution in [2.45, 2.75) is 11.8 Å². The van der Waals surface area contributed by atoms with Crippen LogP contribution in [0, 0.1) is 0 Å². The molecule has 0 atom stereocenters. The molecule has 0 aliphatic heterocycles. The van der Waals surface area contributed by atoms with Gasteiger partial charge < -0.3 is 15.5 Å². The summed E-state index contributed by atoms with van der Waals surface area (Å²) in [5, 5.41) is 34.5. The number of aromatic carboxylic acids is 1. The van der Waals surface area contributed by atoms with Gasteiger partial charge in [-0.05, 0) is 12.1 Å². The zero-order valence-corrected chi connectivity index (χ0v) is 15.3. The van der Waals surface area contributed by atoms with E-state index in [0.717, 1.165) is 6.07 Å². The van der Waals surface area contributed by atoms with Gasteiger partial charge in [-0.3, -0.25) is 14.4 Å². The summed E-state index contributed by atoms with van der Waals surface area (Å²) in [6, 6.07) is 5.01. The quantitative estimate of drug-likeness (QED) is 0.232. The van der Waals surface area contributed by atoms with Crippen LogP contribution in [0.3, 0.4) is 0 Å². The molecule has 1 heterocycles. The first-order valence-electron chi connectivity index (χ1n) is 7.69. The highest BCUT2D eigenvalue weighted by Gasteiger charge is 2.21. The van der Waals surface area contributed by atoms with Crippen LogP contribution in [0.1, 0.15) is 17.5 Å². The summed E-state index contributed by atoms with van der Waals surface area (Å²) in [6.07, 6.45) is 0. The van der Waals surface area contributed by atoms with Crippen molar-refractivity contribution in [3.8, 4) is 5.75 Å². The SMILES string of the molecule is CC(=O)Nc1cc(/N=N/c2n[nH]c(C(=O)O)n2)c(O)c2c(S(=O)(=O)O)cccc12. The average Bonchev–Trinajstić information content (AvgIpc) is 3.10. The maximum Gasteiger partial charge on any atom is 0.373 e. The molecule has 5 N–H and O–H groups in total. The highest BCUT2D eigenvalue weighted by atomic mass is 32.2. The molecule has 0 unspecified atom stereocenters. The topological polar surface area (TPSA) is 207 Å². The second kappa shape index (κ2) is 7.25. The highest BCUT2D eigenvalue weighted by Crippen LogP contribution is 2.43. The predicted octanol–water partition coefficient (Wildman–Crippen LogP) is 1.98. The Hall–Kier alpha value is -3.91. The maximum absolute atomic E-state index is 11.7. The van der Waals surface area contributed by atoms with E-state index in [1.165, 1.54) is 25.1 Å². The number of hydrogen-bond donors (Lipinski definition) is 5. The van der Waals surface area contributed by atoms with E-state index in [0.29, 0.717) is 0 Å². The minimum Gasteiger partial charge on any atom is -0.505 e. The Balaban J connectivity index is 2.23. The van der Waals surface area contributed by atoms with E-state index in [1.54, 1.807) is 0 Å². The zero-order valence-electron chi connectivity index (χ0n) is 14.5. The van der Waals surface area contributed by atoms with Gasteiger partial charge in [-0.1, -0.05) is 12.1 Å². The Morgan fingerprint density at radius 2 is 1.97 bits per heavy atom. The fraction of sp³-hybridized carbons (Fsp3) is 0.0667. The molecule has 1 amide bonds. The van der Waals surface area contributed by atoms with Crippen LogP contribution in [0.15, 0.2) is 39.4 Å². The van der Waals surface area contributed by atoms with Gasteiger partial charge in [0, 0.05) is 17.7 Å². The molecule has 2 aromatic carbocycles. The van der Waals surface area contributed by atoms with Crippen LogP contribution >= 0.6 is 0 Å². The summed E-state index contributed by atoms with van der Waals surface area (Å²) < 4.78 is 32.9. The number of anilines is 1. The molecule has 0 aliphatic carbocycles. The normalized spacial score (nSPS) is 11.8. The number of nitrogens with one attached hydrogen (secondary N) is 2. The van der Waals surface area contributed by atoms with Gasteiger partial charge in [0.15, 0.2) is 5.75 Å². The third-order valence-electron chi connectivity index (χ3n) is 3.59. The van der Waals surface area contributed by atoms with Gasteiger partial charge in [0.25, 0.3) is 16.1 Å². The number of fused-ring (bicyclic) bond motifs is 1. The third-order valence-corrected chi connectivity index (χ3v) is 4.48. The fourth-order valence-electron chi connectivity index (χ4n) is 2.49. The smallest absolute Gasteiger partial charge is 0.373 e. The molecule has 0 aliphatic rings. The molecule has 13 nitrogen and oxygen atoms in total. The van der Waals surface area contributed by atoms with Crippen LogP contribution in [0.4, 0.5) is 17.3 Å². The Kier molecular flexibility index (Phi) is 4.96. The Bertz CT molecular complexity index is 1280. The molecule has 29 heavy (non-hydrogen) atoms. The summed E-state index contributed by atoms with van der Waals surface area (Å²) in [5.74, 6) is -3.38. The standard InChI is InChI=1S/C15H12N6O7S/c1-6(22)16-8-5-9(18-20-15-17-13(14(24)25)19-21-15)12(23)11-7(8)3-2-4-10(11)29(26,27)28/h2-5,23H,1H3,(H,16,22)(H,24,25)(H,17,19,21)(H,26,27,28)/b20-18+. The number of carbonyl (C=O) groups is 2. The summed E-state index contributed by atoms with van der Waals surface area (Å²) >= 11 is 0. The number of H-pyrrole nitrogens is 1. The van der Waals surface area contributed by atoms with E-state index < -0.39 is 38.5 Å². The van der Waals surface area contributed by atoms with Crippen molar-refractivity contribution in [3.63, 3.8) is 0 Å². The van der Waals surface area contributed by atoms with Gasteiger partial charge in [-0.15, -0.1) is 15.3 Å². The number of rotatable bonds is 5. The molecule has 0 saturated heterocycles. The number of carbonyl (C=O) groups excluding carboxylic acids is 1. The number of aromatic amines is 1. The number of amides is 1. The molecule has 0 saturated carbocycles.